The van der Waals surface area contributed by atoms with Gasteiger partial charge in [0, 0.05) is 23.5 Å². The summed E-state index contributed by atoms with van der Waals surface area (Å²) in [6.07, 6.45) is 2.22. The van der Waals surface area contributed by atoms with E-state index in [9.17, 15) is 0 Å². The van der Waals surface area contributed by atoms with Crippen molar-refractivity contribution in [2.75, 3.05) is 0 Å². The van der Waals surface area contributed by atoms with Gasteiger partial charge in [0.05, 0.1) is 0 Å². The van der Waals surface area contributed by atoms with Crippen LogP contribution in [0.2, 0.25) is 0 Å². The van der Waals surface area contributed by atoms with Gasteiger partial charge in [-0.2, -0.15) is 0 Å². The number of nitrogens with zero attached hydrogens (tertiary/aromatic N) is 1. The van der Waals surface area contributed by atoms with E-state index in [4.69, 9.17) is 0 Å². The summed E-state index contributed by atoms with van der Waals surface area (Å²) in [5, 5.41) is 0. The van der Waals surface area contributed by atoms with Gasteiger partial charge in [0.2, 0.25) is 0 Å². The molecule has 1 nitrogen and oxygen atoms in total. The Hall–Kier alpha value is -3.06. The molecule has 4 aromatic rings. The Balaban J connectivity index is 1.71. The van der Waals surface area contributed by atoms with Crippen LogP contribution >= 0.6 is 0 Å². The highest BCUT2D eigenvalue weighted by Crippen LogP contribution is 2.39. The number of rotatable bonds is 3. The molecule has 1 aliphatic carbocycles. The van der Waals surface area contributed by atoms with Crippen LogP contribution in [0.25, 0.3) is 22.4 Å². The van der Waals surface area contributed by atoms with E-state index in [1.165, 1.54) is 39.2 Å². The first kappa shape index (κ1) is 15.2. The second-order valence-electron chi connectivity index (χ2n) is 6.98. The van der Waals surface area contributed by atoms with Crippen LogP contribution in [0.1, 0.15) is 16.8 Å². The summed E-state index contributed by atoms with van der Waals surface area (Å²) < 4.78 is 2.52. The standard InChI is InChI=1S/C25H21N/c1-3-9-19(10-4-1)18-26-24-16-15-20-11-7-8-14-22(20)23(24)17-25(26)21-12-5-2-6-13-21/h1-14,17H,15-16,18H2. The third kappa shape index (κ3) is 2.57. The van der Waals surface area contributed by atoms with Crippen LogP contribution in [0, 0.1) is 0 Å². The Labute approximate surface area is 154 Å². The molecule has 0 amide bonds. The van der Waals surface area contributed by atoms with E-state index in [0.29, 0.717) is 0 Å². The molecule has 0 bridgehead atoms. The van der Waals surface area contributed by atoms with E-state index in [0.717, 1.165) is 19.4 Å². The number of aromatic nitrogens is 1. The third-order valence-corrected chi connectivity index (χ3v) is 5.40. The Morgan fingerprint density at radius 2 is 1.35 bits per heavy atom. The Bertz CT molecular complexity index is 1040. The second-order valence-corrected chi connectivity index (χ2v) is 6.98. The van der Waals surface area contributed by atoms with E-state index >= 15 is 0 Å². The lowest BCUT2D eigenvalue weighted by molar-refractivity contribution is 0.735. The minimum absolute atomic E-state index is 0.919. The van der Waals surface area contributed by atoms with Crippen LogP contribution in [0.3, 0.4) is 0 Å². The molecule has 0 N–H and O–H groups in total. The molecule has 1 aromatic heterocycles. The first-order chi connectivity index (χ1) is 12.9. The number of benzene rings is 3. The van der Waals surface area contributed by atoms with Crippen molar-refractivity contribution in [3.8, 4) is 22.4 Å². The molecule has 126 valence electrons. The molecule has 3 aromatic carbocycles. The lowest BCUT2D eigenvalue weighted by Crippen LogP contribution is -2.11. The molecule has 0 aliphatic heterocycles. The maximum Gasteiger partial charge on any atom is 0.0492 e. The summed E-state index contributed by atoms with van der Waals surface area (Å²) in [7, 11) is 0. The minimum atomic E-state index is 0.919. The maximum atomic E-state index is 2.52. The van der Waals surface area contributed by atoms with Crippen molar-refractivity contribution >= 4 is 0 Å². The van der Waals surface area contributed by atoms with Gasteiger partial charge in [0.15, 0.2) is 0 Å². The average Bonchev–Trinajstić information content (AvgIpc) is 3.08. The monoisotopic (exact) mass is 335 g/mol. The van der Waals surface area contributed by atoms with Crippen LogP contribution in [0.15, 0.2) is 91.0 Å². The van der Waals surface area contributed by atoms with Gasteiger partial charge in [0.1, 0.15) is 0 Å². The number of fused-ring (bicyclic) bond motifs is 3. The second kappa shape index (κ2) is 6.34. The summed E-state index contributed by atoms with van der Waals surface area (Å²) in [4.78, 5) is 0. The molecule has 0 saturated carbocycles. The zero-order valence-corrected chi connectivity index (χ0v) is 14.7. The minimum Gasteiger partial charge on any atom is -0.340 e. The number of aryl methyl sites for hydroxylation is 1. The highest BCUT2D eigenvalue weighted by Gasteiger charge is 2.22. The molecule has 1 heterocycles. The van der Waals surface area contributed by atoms with Crippen molar-refractivity contribution < 1.29 is 0 Å². The smallest absolute Gasteiger partial charge is 0.0492 e. The highest BCUT2D eigenvalue weighted by atomic mass is 15.0. The van der Waals surface area contributed by atoms with Gasteiger partial charge in [0.25, 0.3) is 0 Å². The Morgan fingerprint density at radius 1 is 0.654 bits per heavy atom. The SMILES string of the molecule is c1ccc(Cn2c(-c3ccccc3)cc3c2CCc2ccccc2-3)cc1. The zero-order chi connectivity index (χ0) is 17.3. The van der Waals surface area contributed by atoms with Gasteiger partial charge in [-0.05, 0) is 41.2 Å². The van der Waals surface area contributed by atoms with Gasteiger partial charge in [-0.3, -0.25) is 0 Å². The summed E-state index contributed by atoms with van der Waals surface area (Å²) in [6.45, 7) is 0.919. The molecule has 1 heteroatoms. The Kier molecular flexibility index (Phi) is 3.71. The van der Waals surface area contributed by atoms with Crippen LogP contribution in [-0.4, -0.2) is 4.57 Å². The van der Waals surface area contributed by atoms with Crippen molar-refractivity contribution in [3.63, 3.8) is 0 Å². The van der Waals surface area contributed by atoms with E-state index < -0.39 is 0 Å². The predicted molar refractivity (Wildman–Crippen MR) is 108 cm³/mol. The van der Waals surface area contributed by atoms with Crippen molar-refractivity contribution in [1.82, 2.24) is 4.57 Å². The topological polar surface area (TPSA) is 4.93 Å². The van der Waals surface area contributed by atoms with Gasteiger partial charge in [-0.15, -0.1) is 0 Å². The van der Waals surface area contributed by atoms with E-state index in [1.807, 2.05) is 0 Å². The molecular weight excluding hydrogens is 314 g/mol. The summed E-state index contributed by atoms with van der Waals surface area (Å²) in [6, 6.07) is 32.8. The van der Waals surface area contributed by atoms with Gasteiger partial charge in [-0.1, -0.05) is 84.9 Å². The quantitative estimate of drug-likeness (QED) is 0.435. The lowest BCUT2D eigenvalue weighted by atomic mass is 9.90. The molecule has 26 heavy (non-hydrogen) atoms. The molecule has 5 rings (SSSR count). The molecule has 0 atom stereocenters. The largest absolute Gasteiger partial charge is 0.340 e. The van der Waals surface area contributed by atoms with E-state index in [-0.39, 0.29) is 0 Å². The van der Waals surface area contributed by atoms with Crippen molar-refractivity contribution in [2.24, 2.45) is 0 Å². The van der Waals surface area contributed by atoms with Crippen LogP contribution < -0.4 is 0 Å². The maximum absolute atomic E-state index is 2.52. The summed E-state index contributed by atoms with van der Waals surface area (Å²) >= 11 is 0. The molecule has 0 saturated heterocycles. The molecule has 0 unspecified atom stereocenters. The molecule has 1 aliphatic rings. The van der Waals surface area contributed by atoms with E-state index in [2.05, 4.69) is 95.6 Å². The van der Waals surface area contributed by atoms with Crippen molar-refractivity contribution in [1.29, 1.82) is 0 Å². The van der Waals surface area contributed by atoms with Crippen LogP contribution in [0.4, 0.5) is 0 Å². The van der Waals surface area contributed by atoms with Crippen molar-refractivity contribution in [2.45, 2.75) is 19.4 Å². The number of hydrogen-bond donors (Lipinski definition) is 0. The van der Waals surface area contributed by atoms with Crippen molar-refractivity contribution in [3.05, 3.63) is 108 Å². The third-order valence-electron chi connectivity index (χ3n) is 5.40. The molecule has 0 spiro atoms. The van der Waals surface area contributed by atoms with Gasteiger partial charge in [-0.25, -0.2) is 0 Å². The van der Waals surface area contributed by atoms with Crippen LogP contribution in [-0.2, 0) is 19.4 Å². The fourth-order valence-electron chi connectivity index (χ4n) is 4.14. The van der Waals surface area contributed by atoms with Crippen LogP contribution in [0.5, 0.6) is 0 Å². The fraction of sp³-hybridized carbons (Fsp3) is 0.120. The molecular formula is C25H21N. The summed E-state index contributed by atoms with van der Waals surface area (Å²) in [5.74, 6) is 0. The van der Waals surface area contributed by atoms with Gasteiger partial charge >= 0.3 is 0 Å². The normalized spacial score (nSPS) is 12.5. The molecule has 0 fully saturated rings. The first-order valence-corrected chi connectivity index (χ1v) is 9.30. The molecule has 0 radical (unpaired) electrons. The van der Waals surface area contributed by atoms with Gasteiger partial charge < -0.3 is 4.57 Å². The Morgan fingerprint density at radius 3 is 2.15 bits per heavy atom. The van der Waals surface area contributed by atoms with E-state index in [1.54, 1.807) is 0 Å². The lowest BCUT2D eigenvalue weighted by Gasteiger charge is -2.20. The first-order valence-electron chi connectivity index (χ1n) is 9.30. The highest BCUT2D eigenvalue weighted by molar-refractivity contribution is 5.78. The average molecular weight is 335 g/mol. The predicted octanol–water partition coefficient (Wildman–Crippen LogP) is 5.97. The zero-order valence-electron chi connectivity index (χ0n) is 14.7. The summed E-state index contributed by atoms with van der Waals surface area (Å²) in [5.41, 5.74) is 9.69. The number of hydrogen-bond acceptors (Lipinski definition) is 0. The fourth-order valence-corrected chi connectivity index (χ4v) is 4.14.